The predicted molar refractivity (Wildman–Crippen MR) is 246 cm³/mol. The third kappa shape index (κ3) is 5.93. The maximum atomic E-state index is 5.19. The minimum atomic E-state index is 0.0764. The van der Waals surface area contributed by atoms with Crippen LogP contribution in [-0.4, -0.2) is 19.5 Å². The molecule has 8 aromatic carbocycles. The molecule has 0 aliphatic heterocycles. The molecule has 0 unspecified atom stereocenters. The Kier molecular flexibility index (Phi) is 7.96. The van der Waals surface area contributed by atoms with E-state index in [1.165, 1.54) is 66.5 Å². The van der Waals surface area contributed by atoms with Crippen LogP contribution in [0.1, 0.15) is 51.7 Å². The zero-order valence-corrected chi connectivity index (χ0v) is 33.9. The summed E-state index contributed by atoms with van der Waals surface area (Å²) in [6.45, 7) is 9.66. The number of rotatable bonds is 5. The fourth-order valence-corrected chi connectivity index (χ4v) is 9.44. The summed E-state index contributed by atoms with van der Waals surface area (Å²) in [5.74, 6) is 1.93. The molecule has 0 N–H and O–H groups in total. The number of hydrogen-bond donors (Lipinski definition) is 0. The van der Waals surface area contributed by atoms with Crippen LogP contribution in [0.4, 0.5) is 0 Å². The molecule has 10 aromatic rings. The van der Waals surface area contributed by atoms with Crippen molar-refractivity contribution in [3.05, 3.63) is 181 Å². The van der Waals surface area contributed by atoms with Crippen molar-refractivity contribution in [3.8, 4) is 51.0 Å². The van der Waals surface area contributed by atoms with Crippen LogP contribution in [0.3, 0.4) is 0 Å². The summed E-state index contributed by atoms with van der Waals surface area (Å²) < 4.78 is 2.46. The fraction of sp³-hybridized carbons (Fsp3) is 0.145. The Morgan fingerprint density at radius 3 is 1.69 bits per heavy atom. The van der Waals surface area contributed by atoms with E-state index in [0.717, 1.165) is 34.4 Å². The fourth-order valence-electron chi connectivity index (χ4n) is 9.44. The van der Waals surface area contributed by atoms with Crippen molar-refractivity contribution in [2.75, 3.05) is 0 Å². The van der Waals surface area contributed by atoms with E-state index in [-0.39, 0.29) is 10.8 Å². The van der Waals surface area contributed by atoms with E-state index in [1.807, 2.05) is 18.2 Å². The molecule has 0 radical (unpaired) electrons. The summed E-state index contributed by atoms with van der Waals surface area (Å²) >= 11 is 0. The quantitative estimate of drug-likeness (QED) is 0.175. The third-order valence-electron chi connectivity index (χ3n) is 12.9. The number of fused-ring (bicyclic) bond motifs is 7. The molecule has 1 aliphatic carbocycles. The van der Waals surface area contributed by atoms with Crippen LogP contribution >= 0.6 is 0 Å². The normalized spacial score (nSPS) is 14.6. The first-order valence-corrected chi connectivity index (χ1v) is 20.7. The molecular weight excluding hydrogens is 717 g/mol. The van der Waals surface area contributed by atoms with Gasteiger partial charge in [-0.3, -0.25) is 0 Å². The van der Waals surface area contributed by atoms with Crippen LogP contribution in [0.25, 0.3) is 94.3 Å². The summed E-state index contributed by atoms with van der Waals surface area (Å²) in [4.78, 5) is 15.4. The zero-order valence-electron chi connectivity index (χ0n) is 33.9. The van der Waals surface area contributed by atoms with Crippen molar-refractivity contribution in [3.63, 3.8) is 0 Å². The van der Waals surface area contributed by atoms with Gasteiger partial charge in [-0.05, 0) is 104 Å². The van der Waals surface area contributed by atoms with Gasteiger partial charge in [0.2, 0.25) is 0 Å². The molecule has 0 saturated carbocycles. The van der Waals surface area contributed by atoms with Gasteiger partial charge in [-0.15, -0.1) is 0 Å². The van der Waals surface area contributed by atoms with Crippen molar-refractivity contribution in [1.82, 2.24) is 19.5 Å². The van der Waals surface area contributed by atoms with E-state index >= 15 is 0 Å². The van der Waals surface area contributed by atoms with Crippen molar-refractivity contribution in [2.45, 2.75) is 51.4 Å². The summed E-state index contributed by atoms with van der Waals surface area (Å²) in [6.07, 6.45) is 2.34. The van der Waals surface area contributed by atoms with Crippen molar-refractivity contribution < 1.29 is 0 Å². The van der Waals surface area contributed by atoms with Crippen LogP contribution in [-0.2, 0) is 10.8 Å². The Hall–Kier alpha value is -6.91. The molecule has 4 heteroatoms. The highest BCUT2D eigenvalue weighted by molar-refractivity contribution is 6.21. The van der Waals surface area contributed by atoms with Gasteiger partial charge in [-0.1, -0.05) is 161 Å². The van der Waals surface area contributed by atoms with Gasteiger partial charge in [0.25, 0.3) is 0 Å². The van der Waals surface area contributed by atoms with Gasteiger partial charge < -0.3 is 4.57 Å². The maximum absolute atomic E-state index is 5.19. The number of benzene rings is 8. The Balaban J connectivity index is 1.08. The maximum Gasteiger partial charge on any atom is 0.164 e. The Morgan fingerprint density at radius 2 is 0.949 bits per heavy atom. The summed E-state index contributed by atoms with van der Waals surface area (Å²) in [5, 5.41) is 7.59. The van der Waals surface area contributed by atoms with Gasteiger partial charge in [-0.2, -0.15) is 0 Å². The van der Waals surface area contributed by atoms with Gasteiger partial charge in [0.05, 0.1) is 11.0 Å². The Bertz CT molecular complexity index is 3260. The lowest BCUT2D eigenvalue weighted by Gasteiger charge is -2.42. The molecule has 0 bridgehead atoms. The largest absolute Gasteiger partial charge is 0.309 e. The average molecular weight is 761 g/mol. The smallest absolute Gasteiger partial charge is 0.164 e. The van der Waals surface area contributed by atoms with E-state index in [0.29, 0.717) is 17.5 Å². The average Bonchev–Trinajstić information content (AvgIpc) is 3.62. The van der Waals surface area contributed by atoms with Crippen molar-refractivity contribution in [2.24, 2.45) is 0 Å². The van der Waals surface area contributed by atoms with E-state index in [9.17, 15) is 0 Å². The predicted octanol–water partition coefficient (Wildman–Crippen LogP) is 14.3. The van der Waals surface area contributed by atoms with E-state index in [2.05, 4.69) is 184 Å². The second-order valence-corrected chi connectivity index (χ2v) is 17.6. The van der Waals surface area contributed by atoms with Crippen molar-refractivity contribution >= 4 is 43.4 Å². The highest BCUT2D eigenvalue weighted by Gasteiger charge is 2.38. The van der Waals surface area contributed by atoms with Crippen LogP contribution in [0.2, 0.25) is 0 Å². The van der Waals surface area contributed by atoms with Crippen LogP contribution < -0.4 is 0 Å². The molecule has 1 aliphatic rings. The lowest BCUT2D eigenvalue weighted by molar-refractivity contribution is 0.332. The third-order valence-corrected chi connectivity index (χ3v) is 12.9. The molecule has 284 valence electrons. The molecule has 59 heavy (non-hydrogen) atoms. The first kappa shape index (κ1) is 35.3. The summed E-state index contributed by atoms with van der Waals surface area (Å²) in [7, 11) is 0. The number of aromatic nitrogens is 4. The highest BCUT2D eigenvalue weighted by atomic mass is 15.0. The highest BCUT2D eigenvalue weighted by Crippen LogP contribution is 2.49. The molecular formula is C55H44N4. The minimum absolute atomic E-state index is 0.0764. The zero-order chi connectivity index (χ0) is 39.9. The first-order valence-electron chi connectivity index (χ1n) is 20.7. The molecule has 11 rings (SSSR count). The molecule has 2 heterocycles. The lowest BCUT2D eigenvalue weighted by Crippen LogP contribution is -2.33. The molecule has 0 saturated heterocycles. The SMILES string of the molecule is CC1(C)CCC(C)(C)c2cc3c(cc21)c1c2ccccc2ccc1n3-c1cccc(-c2nc(-c3ccccc3)nc(-c3ccc(-c4ccc5ccccc5c4)cc3)n2)c1. The molecule has 0 atom stereocenters. The standard InChI is InChI=1S/C55H44N4/c1-54(2)29-30-55(3,4)47-34-49-45(33-46(47)54)50-44-20-11-10-14-37(44)27-28-48(50)59(49)43-19-12-18-42(32-43)53-57-51(38-15-6-5-7-16-38)56-52(58-53)39-24-21-36(22-25-39)41-26-23-35-13-8-9-17-40(35)31-41/h5-28,31-34H,29-30H2,1-4H3. The Labute approximate surface area is 344 Å². The minimum Gasteiger partial charge on any atom is -0.309 e. The van der Waals surface area contributed by atoms with Crippen LogP contribution in [0.15, 0.2) is 170 Å². The Morgan fingerprint density at radius 1 is 0.390 bits per heavy atom. The second kappa shape index (κ2) is 13.3. The van der Waals surface area contributed by atoms with Crippen LogP contribution in [0, 0.1) is 0 Å². The molecule has 4 nitrogen and oxygen atoms in total. The van der Waals surface area contributed by atoms with Gasteiger partial charge in [0.1, 0.15) is 0 Å². The van der Waals surface area contributed by atoms with Crippen molar-refractivity contribution in [1.29, 1.82) is 0 Å². The molecule has 0 fully saturated rings. The van der Waals surface area contributed by atoms with Crippen LogP contribution in [0.5, 0.6) is 0 Å². The molecule has 2 aromatic heterocycles. The topological polar surface area (TPSA) is 43.6 Å². The molecule has 0 amide bonds. The van der Waals surface area contributed by atoms with Gasteiger partial charge in [0.15, 0.2) is 17.5 Å². The lowest BCUT2D eigenvalue weighted by atomic mass is 9.63. The second-order valence-electron chi connectivity index (χ2n) is 17.6. The molecule has 0 spiro atoms. The van der Waals surface area contributed by atoms with E-state index < -0.39 is 0 Å². The van der Waals surface area contributed by atoms with Gasteiger partial charge in [0, 0.05) is 33.2 Å². The van der Waals surface area contributed by atoms with Gasteiger partial charge >= 0.3 is 0 Å². The van der Waals surface area contributed by atoms with E-state index in [1.54, 1.807) is 0 Å². The van der Waals surface area contributed by atoms with E-state index in [4.69, 9.17) is 15.0 Å². The van der Waals surface area contributed by atoms with Gasteiger partial charge in [-0.25, -0.2) is 15.0 Å². The summed E-state index contributed by atoms with van der Waals surface area (Å²) in [5.41, 5.74) is 11.8. The monoisotopic (exact) mass is 760 g/mol. The number of nitrogens with zero attached hydrogens (tertiary/aromatic N) is 4. The first-order chi connectivity index (χ1) is 28.7. The number of hydrogen-bond acceptors (Lipinski definition) is 3. The summed E-state index contributed by atoms with van der Waals surface area (Å²) in [6, 6.07) is 61.0.